The van der Waals surface area contributed by atoms with Crippen molar-refractivity contribution in [1.82, 2.24) is 14.9 Å². The van der Waals surface area contributed by atoms with Crippen LogP contribution in [0.2, 0.25) is 0 Å². The monoisotopic (exact) mass is 543 g/mol. The summed E-state index contributed by atoms with van der Waals surface area (Å²) in [5, 5.41) is 7.55. The van der Waals surface area contributed by atoms with Crippen molar-refractivity contribution in [2.45, 2.75) is 87.5 Å². The summed E-state index contributed by atoms with van der Waals surface area (Å²) in [6, 6.07) is 1.80. The molecule has 1 saturated heterocycles. The molecule has 37 heavy (non-hydrogen) atoms. The Labute approximate surface area is 224 Å². The summed E-state index contributed by atoms with van der Waals surface area (Å²) in [7, 11) is 0. The minimum atomic E-state index is -2.92. The molecule has 3 rings (SSSR count). The highest BCUT2D eigenvalue weighted by Crippen LogP contribution is 2.38. The number of aromatic nitrogens is 2. The quantitative estimate of drug-likeness (QED) is 0.366. The Morgan fingerprint density at radius 3 is 2.49 bits per heavy atom. The zero-order valence-electron chi connectivity index (χ0n) is 23.4. The van der Waals surface area contributed by atoms with Crippen LogP contribution in [0, 0.1) is 25.2 Å². The van der Waals surface area contributed by atoms with Crippen molar-refractivity contribution in [3.63, 3.8) is 0 Å². The first kappa shape index (κ1) is 32.9. The number of pyridine rings is 1. The topological polar surface area (TPSA) is 84.8 Å². The maximum atomic E-state index is 12.9. The lowest BCUT2D eigenvalue weighted by molar-refractivity contribution is -0.122. The lowest BCUT2D eigenvalue weighted by atomic mass is 9.75. The van der Waals surface area contributed by atoms with E-state index in [0.29, 0.717) is 16.5 Å². The van der Waals surface area contributed by atoms with Gasteiger partial charge in [-0.05, 0) is 49.7 Å². The molecule has 0 spiro atoms. The minimum absolute atomic E-state index is 0.0790. The van der Waals surface area contributed by atoms with Gasteiger partial charge in [-0.3, -0.25) is 9.69 Å². The number of ether oxygens (including phenoxy) is 2. The highest BCUT2D eigenvalue weighted by Gasteiger charge is 2.35. The van der Waals surface area contributed by atoms with Gasteiger partial charge in [-0.25, -0.2) is 9.97 Å². The molecule has 0 aliphatic carbocycles. The fraction of sp³-hybridized carbons (Fsp3) is 0.667. The van der Waals surface area contributed by atoms with Crippen molar-refractivity contribution in [2.75, 3.05) is 19.7 Å². The Hall–Kier alpha value is -2.17. The Morgan fingerprint density at radius 1 is 1.27 bits per heavy atom. The second-order valence-corrected chi connectivity index (χ2v) is 10.9. The van der Waals surface area contributed by atoms with Gasteiger partial charge in [0, 0.05) is 37.3 Å². The number of carboxylic acid groups (broad SMARTS) is 1. The zero-order valence-corrected chi connectivity index (χ0v) is 24.2. The Bertz CT molecular complexity index is 950. The van der Waals surface area contributed by atoms with E-state index in [0.717, 1.165) is 55.2 Å². The van der Waals surface area contributed by atoms with Crippen LogP contribution in [0.25, 0.3) is 10.6 Å². The maximum Gasteiger partial charge on any atom is 0.388 e. The van der Waals surface area contributed by atoms with Gasteiger partial charge in [0.25, 0.3) is 6.47 Å². The first-order chi connectivity index (χ1) is 17.5. The summed E-state index contributed by atoms with van der Waals surface area (Å²) in [5.74, 6) is 0.461. The molecule has 1 N–H and O–H groups in total. The van der Waals surface area contributed by atoms with Crippen LogP contribution in [0.1, 0.15) is 70.5 Å². The normalized spacial score (nSPS) is 17.9. The first-order valence-electron chi connectivity index (χ1n) is 12.8. The van der Waals surface area contributed by atoms with Crippen molar-refractivity contribution in [3.8, 4) is 16.5 Å². The summed E-state index contributed by atoms with van der Waals surface area (Å²) in [5.41, 5.74) is 2.50. The summed E-state index contributed by atoms with van der Waals surface area (Å²) in [4.78, 5) is 20.7. The summed E-state index contributed by atoms with van der Waals surface area (Å²) in [6.07, 6.45) is 3.85. The third-order valence-electron chi connectivity index (χ3n) is 5.95. The van der Waals surface area contributed by atoms with Crippen molar-refractivity contribution < 1.29 is 28.2 Å². The van der Waals surface area contributed by atoms with Crippen LogP contribution in [-0.2, 0) is 16.1 Å². The number of carbonyl (C=O) groups is 1. The Balaban J connectivity index is 0.00000127. The predicted octanol–water partition coefficient (Wildman–Crippen LogP) is 6.81. The number of hydrogen-bond donors (Lipinski definition) is 1. The molecule has 210 valence electrons. The molecule has 1 fully saturated rings. The highest BCUT2D eigenvalue weighted by molar-refractivity contribution is 7.15. The first-order valence-corrected chi connectivity index (χ1v) is 13.6. The molecular weight excluding hydrogens is 500 g/mol. The van der Waals surface area contributed by atoms with Crippen molar-refractivity contribution in [1.29, 1.82) is 0 Å². The summed E-state index contributed by atoms with van der Waals surface area (Å²) >= 11 is 1.53. The van der Waals surface area contributed by atoms with Crippen LogP contribution in [0.5, 0.6) is 5.88 Å². The molecule has 0 bridgehead atoms. The molecule has 2 unspecified atom stereocenters. The fourth-order valence-electron chi connectivity index (χ4n) is 4.08. The molecule has 0 aromatic carbocycles. The molecule has 7 nitrogen and oxygen atoms in total. The Kier molecular flexibility index (Phi) is 14.2. The molecule has 0 amide bonds. The van der Waals surface area contributed by atoms with Crippen molar-refractivity contribution in [2.24, 2.45) is 11.3 Å². The van der Waals surface area contributed by atoms with E-state index in [4.69, 9.17) is 14.6 Å². The van der Waals surface area contributed by atoms with Crippen molar-refractivity contribution >= 4 is 17.8 Å². The summed E-state index contributed by atoms with van der Waals surface area (Å²) < 4.78 is 36.5. The average molecular weight is 544 g/mol. The SMILES string of the molecule is CC.CCCOC1CC(C(C)(C)C)CN(Cc2sc(-c3cc(C)cnc3OC(F)F)nc2C)C1.O=CO. The number of alkyl halides is 2. The van der Waals surface area contributed by atoms with E-state index in [2.05, 4.69) is 47.3 Å². The number of rotatable bonds is 8. The number of nitrogens with zero attached hydrogens (tertiary/aromatic N) is 3. The second-order valence-electron chi connectivity index (χ2n) is 9.86. The van der Waals surface area contributed by atoms with Crippen LogP contribution < -0.4 is 4.74 Å². The van der Waals surface area contributed by atoms with Crippen LogP contribution in [0.3, 0.4) is 0 Å². The molecule has 10 heteroatoms. The maximum absolute atomic E-state index is 12.9. The van der Waals surface area contributed by atoms with E-state index in [1.54, 1.807) is 6.07 Å². The average Bonchev–Trinajstić information content (AvgIpc) is 3.19. The van der Waals surface area contributed by atoms with Gasteiger partial charge in [0.05, 0.1) is 17.4 Å². The summed E-state index contributed by atoms with van der Waals surface area (Å²) in [6.45, 7) is 17.2. The van der Waals surface area contributed by atoms with Crippen LogP contribution in [-0.4, -0.2) is 58.9 Å². The van der Waals surface area contributed by atoms with Gasteiger partial charge < -0.3 is 14.6 Å². The van der Waals surface area contributed by atoms with Gasteiger partial charge in [-0.15, -0.1) is 11.3 Å². The van der Waals surface area contributed by atoms with E-state index >= 15 is 0 Å². The van der Waals surface area contributed by atoms with E-state index in [-0.39, 0.29) is 23.9 Å². The predicted molar refractivity (Wildman–Crippen MR) is 144 cm³/mol. The molecule has 2 aromatic rings. The van der Waals surface area contributed by atoms with E-state index in [1.165, 1.54) is 17.5 Å². The van der Waals surface area contributed by atoms with E-state index in [1.807, 2.05) is 27.7 Å². The standard InChI is InChI=1S/C24H35F2N3O2S.C2H6.CH2O2/c1-7-8-30-18-10-17(24(4,5)6)12-29(13-18)14-20-16(3)28-22(32-20)19-9-15(2)11-27-21(19)31-23(25)26;1-2;2-1-3/h9,11,17-18,23H,7-8,10,12-14H2,1-6H3;1-2H3;1H,(H,2,3). The fourth-order valence-corrected chi connectivity index (χ4v) is 5.20. The molecule has 2 atom stereocenters. The zero-order chi connectivity index (χ0) is 28.2. The van der Waals surface area contributed by atoms with E-state index < -0.39 is 6.61 Å². The molecule has 1 aliphatic rings. The number of halogens is 2. The lowest BCUT2D eigenvalue weighted by Gasteiger charge is -2.43. The molecular formula is C27H43F2N3O4S. The molecule has 0 radical (unpaired) electrons. The molecule has 0 saturated carbocycles. The van der Waals surface area contributed by atoms with Crippen molar-refractivity contribution in [3.05, 3.63) is 28.4 Å². The van der Waals surface area contributed by atoms with Gasteiger partial charge in [0.15, 0.2) is 0 Å². The third-order valence-corrected chi connectivity index (χ3v) is 7.12. The van der Waals surface area contributed by atoms with Gasteiger partial charge in [0.1, 0.15) is 5.01 Å². The molecule has 3 heterocycles. The number of likely N-dealkylation sites (tertiary alicyclic amines) is 1. The Morgan fingerprint density at radius 2 is 1.92 bits per heavy atom. The number of piperidine rings is 1. The molecule has 2 aromatic heterocycles. The van der Waals surface area contributed by atoms with Crippen LogP contribution in [0.15, 0.2) is 12.3 Å². The van der Waals surface area contributed by atoms with Gasteiger partial charge in [0.2, 0.25) is 5.88 Å². The minimum Gasteiger partial charge on any atom is -0.483 e. The lowest BCUT2D eigenvalue weighted by Crippen LogP contribution is -2.47. The van der Waals surface area contributed by atoms with Gasteiger partial charge >= 0.3 is 6.61 Å². The van der Waals surface area contributed by atoms with Gasteiger partial charge in [-0.1, -0.05) is 41.5 Å². The van der Waals surface area contributed by atoms with Crippen LogP contribution in [0.4, 0.5) is 8.78 Å². The highest BCUT2D eigenvalue weighted by atomic mass is 32.1. The smallest absolute Gasteiger partial charge is 0.388 e. The second kappa shape index (κ2) is 15.9. The number of aryl methyl sites for hydroxylation is 2. The van der Waals surface area contributed by atoms with Crippen LogP contribution >= 0.6 is 11.3 Å². The number of hydrogen-bond acceptors (Lipinski definition) is 7. The largest absolute Gasteiger partial charge is 0.483 e. The molecule has 1 aliphatic heterocycles. The third kappa shape index (κ3) is 10.6. The van der Waals surface area contributed by atoms with Gasteiger partial charge in [-0.2, -0.15) is 8.78 Å². The van der Waals surface area contributed by atoms with E-state index in [9.17, 15) is 8.78 Å². The number of thiazole rings is 1.